The lowest BCUT2D eigenvalue weighted by molar-refractivity contribution is -0.142. The van der Waals surface area contributed by atoms with Crippen molar-refractivity contribution in [3.8, 4) is 0 Å². The summed E-state index contributed by atoms with van der Waals surface area (Å²) in [6.07, 6.45) is 0.924. The zero-order valence-corrected chi connectivity index (χ0v) is 12.7. The van der Waals surface area contributed by atoms with E-state index in [0.717, 1.165) is 16.7 Å². The smallest absolute Gasteiger partial charge is 0.326 e. The molecule has 118 valence electrons. The highest BCUT2D eigenvalue weighted by Gasteiger charge is 2.30. The Morgan fingerprint density at radius 1 is 1.36 bits per heavy atom. The molecule has 0 aliphatic carbocycles. The fourth-order valence-corrected chi connectivity index (χ4v) is 2.66. The Morgan fingerprint density at radius 2 is 2.00 bits per heavy atom. The second-order valence-electron chi connectivity index (χ2n) is 5.63. The molecule has 3 N–H and O–H groups in total. The second-order valence-corrected chi connectivity index (χ2v) is 5.63. The lowest BCUT2D eigenvalue weighted by Gasteiger charge is -2.19. The van der Waals surface area contributed by atoms with E-state index < -0.39 is 24.0 Å². The molecule has 6 nitrogen and oxygen atoms in total. The number of hydrogen-bond donors (Lipinski definition) is 3. The Morgan fingerprint density at radius 3 is 2.50 bits per heavy atom. The van der Waals surface area contributed by atoms with Gasteiger partial charge >= 0.3 is 5.97 Å². The number of carbonyl (C=O) groups is 3. The van der Waals surface area contributed by atoms with Crippen LogP contribution in [-0.2, 0) is 20.8 Å². The number of aryl methyl sites for hydroxylation is 2. The number of carboxylic acid groups (broad SMARTS) is 1. The van der Waals surface area contributed by atoms with Crippen molar-refractivity contribution in [3.05, 3.63) is 34.9 Å². The van der Waals surface area contributed by atoms with Crippen molar-refractivity contribution in [2.45, 2.75) is 45.2 Å². The van der Waals surface area contributed by atoms with Gasteiger partial charge in [-0.1, -0.05) is 18.2 Å². The molecule has 0 aromatic heterocycles. The molecule has 2 rings (SSSR count). The van der Waals surface area contributed by atoms with Crippen molar-refractivity contribution >= 4 is 17.8 Å². The zero-order valence-electron chi connectivity index (χ0n) is 12.7. The van der Waals surface area contributed by atoms with Crippen LogP contribution in [0.1, 0.15) is 29.5 Å². The highest BCUT2D eigenvalue weighted by molar-refractivity contribution is 5.92. The van der Waals surface area contributed by atoms with Gasteiger partial charge in [-0.25, -0.2) is 4.79 Å². The van der Waals surface area contributed by atoms with E-state index in [1.807, 2.05) is 32.0 Å². The third-order valence-electron chi connectivity index (χ3n) is 3.98. The molecule has 2 amide bonds. The maximum absolute atomic E-state index is 12.1. The highest BCUT2D eigenvalue weighted by atomic mass is 16.4. The first-order valence-electron chi connectivity index (χ1n) is 7.26. The fraction of sp³-hybridized carbons (Fsp3) is 0.438. The molecule has 0 bridgehead atoms. The molecule has 1 saturated heterocycles. The molecule has 1 aromatic carbocycles. The molecule has 0 saturated carbocycles. The van der Waals surface area contributed by atoms with Crippen LogP contribution in [0.4, 0.5) is 0 Å². The Labute approximate surface area is 128 Å². The number of rotatable bonds is 5. The maximum Gasteiger partial charge on any atom is 0.326 e. The van der Waals surface area contributed by atoms with Gasteiger partial charge in [-0.2, -0.15) is 0 Å². The fourth-order valence-electron chi connectivity index (χ4n) is 2.66. The number of nitrogens with one attached hydrogen (secondary N) is 2. The van der Waals surface area contributed by atoms with Crippen LogP contribution in [0, 0.1) is 13.8 Å². The van der Waals surface area contributed by atoms with Crippen LogP contribution < -0.4 is 10.6 Å². The summed E-state index contributed by atoms with van der Waals surface area (Å²) in [5, 5.41) is 14.4. The molecular weight excluding hydrogens is 284 g/mol. The molecule has 1 aliphatic rings. The van der Waals surface area contributed by atoms with Gasteiger partial charge in [0, 0.05) is 12.8 Å². The van der Waals surface area contributed by atoms with E-state index in [1.165, 1.54) is 0 Å². The van der Waals surface area contributed by atoms with Gasteiger partial charge in [-0.15, -0.1) is 0 Å². The molecule has 0 unspecified atom stereocenters. The molecule has 1 aliphatic heterocycles. The predicted octanol–water partition coefficient (Wildman–Crippen LogP) is 0.694. The van der Waals surface area contributed by atoms with E-state index in [0.29, 0.717) is 12.8 Å². The van der Waals surface area contributed by atoms with Gasteiger partial charge in [-0.05, 0) is 37.0 Å². The summed E-state index contributed by atoms with van der Waals surface area (Å²) in [5.41, 5.74) is 2.91. The lowest BCUT2D eigenvalue weighted by atomic mass is 9.96. The molecule has 1 heterocycles. The molecule has 2 atom stereocenters. The summed E-state index contributed by atoms with van der Waals surface area (Å²) in [7, 11) is 0. The molecular formula is C16H20N2O4. The quantitative estimate of drug-likeness (QED) is 0.746. The van der Waals surface area contributed by atoms with Gasteiger partial charge in [-0.3, -0.25) is 9.59 Å². The van der Waals surface area contributed by atoms with E-state index in [2.05, 4.69) is 10.6 Å². The zero-order chi connectivity index (χ0) is 16.3. The van der Waals surface area contributed by atoms with Crippen LogP contribution in [0.15, 0.2) is 18.2 Å². The molecule has 22 heavy (non-hydrogen) atoms. The van der Waals surface area contributed by atoms with Crippen molar-refractivity contribution in [3.63, 3.8) is 0 Å². The van der Waals surface area contributed by atoms with Crippen LogP contribution in [0.3, 0.4) is 0 Å². The number of benzene rings is 1. The number of hydrogen-bond acceptors (Lipinski definition) is 3. The number of aliphatic carboxylic acids is 1. The van der Waals surface area contributed by atoms with Crippen LogP contribution >= 0.6 is 0 Å². The minimum absolute atomic E-state index is 0.179. The van der Waals surface area contributed by atoms with Crippen molar-refractivity contribution in [2.24, 2.45) is 0 Å². The SMILES string of the molecule is Cc1cccc(C)c1C[C@@H](NC(=O)[C@@H]1CCC(=O)N1)C(=O)O. The third kappa shape index (κ3) is 3.63. The van der Waals surface area contributed by atoms with Gasteiger partial charge in [0.25, 0.3) is 0 Å². The minimum Gasteiger partial charge on any atom is -0.480 e. The molecule has 1 fully saturated rings. The Balaban J connectivity index is 2.09. The Hall–Kier alpha value is -2.37. The summed E-state index contributed by atoms with van der Waals surface area (Å²) in [6.45, 7) is 3.83. The van der Waals surface area contributed by atoms with Crippen LogP contribution in [0.25, 0.3) is 0 Å². The lowest BCUT2D eigenvalue weighted by Crippen LogP contribution is -2.49. The third-order valence-corrected chi connectivity index (χ3v) is 3.98. The van der Waals surface area contributed by atoms with E-state index in [1.54, 1.807) is 0 Å². The molecule has 0 spiro atoms. The predicted molar refractivity (Wildman–Crippen MR) is 80.4 cm³/mol. The average molecular weight is 304 g/mol. The van der Waals surface area contributed by atoms with Crippen LogP contribution in [-0.4, -0.2) is 35.0 Å². The van der Waals surface area contributed by atoms with E-state index >= 15 is 0 Å². The van der Waals surface area contributed by atoms with E-state index in [4.69, 9.17) is 0 Å². The number of amides is 2. The Kier molecular flexibility index (Phi) is 4.80. The molecule has 0 radical (unpaired) electrons. The number of carbonyl (C=O) groups excluding carboxylic acids is 2. The van der Waals surface area contributed by atoms with Gasteiger partial charge in [0.15, 0.2) is 0 Å². The van der Waals surface area contributed by atoms with Crippen molar-refractivity contribution in [1.29, 1.82) is 0 Å². The summed E-state index contributed by atoms with van der Waals surface area (Å²) in [5.74, 6) is -1.70. The topological polar surface area (TPSA) is 95.5 Å². The standard InChI is InChI=1S/C16H20N2O4/c1-9-4-3-5-10(2)11(9)8-13(16(21)22)18-15(20)12-6-7-14(19)17-12/h3-5,12-13H,6-8H2,1-2H3,(H,17,19)(H,18,20)(H,21,22)/t12-,13+/m0/s1. The Bertz CT molecular complexity index is 592. The van der Waals surface area contributed by atoms with Crippen molar-refractivity contribution in [2.75, 3.05) is 0 Å². The van der Waals surface area contributed by atoms with E-state index in [-0.39, 0.29) is 12.3 Å². The molecule has 1 aromatic rings. The summed E-state index contributed by atoms with van der Waals surface area (Å²) in [6, 6.07) is 4.11. The van der Waals surface area contributed by atoms with Gasteiger partial charge in [0.1, 0.15) is 12.1 Å². The van der Waals surface area contributed by atoms with E-state index in [9.17, 15) is 19.5 Å². The summed E-state index contributed by atoms with van der Waals surface area (Å²) >= 11 is 0. The average Bonchev–Trinajstić information content (AvgIpc) is 2.88. The normalized spacial score (nSPS) is 18.6. The van der Waals surface area contributed by atoms with Gasteiger partial charge in [0.05, 0.1) is 0 Å². The van der Waals surface area contributed by atoms with Gasteiger partial charge < -0.3 is 15.7 Å². The monoisotopic (exact) mass is 304 g/mol. The highest BCUT2D eigenvalue weighted by Crippen LogP contribution is 2.16. The van der Waals surface area contributed by atoms with Gasteiger partial charge in [0.2, 0.25) is 11.8 Å². The molecule has 6 heteroatoms. The first-order valence-corrected chi connectivity index (χ1v) is 7.26. The van der Waals surface area contributed by atoms with Crippen LogP contribution in [0.5, 0.6) is 0 Å². The van der Waals surface area contributed by atoms with Crippen molar-refractivity contribution < 1.29 is 19.5 Å². The largest absolute Gasteiger partial charge is 0.480 e. The number of carboxylic acids is 1. The minimum atomic E-state index is -1.08. The van der Waals surface area contributed by atoms with Crippen molar-refractivity contribution in [1.82, 2.24) is 10.6 Å². The summed E-state index contributed by atoms with van der Waals surface area (Å²) in [4.78, 5) is 34.7. The summed E-state index contributed by atoms with van der Waals surface area (Å²) < 4.78 is 0. The second kappa shape index (κ2) is 6.60. The maximum atomic E-state index is 12.1. The first kappa shape index (κ1) is 16.0. The first-order chi connectivity index (χ1) is 10.4. The van der Waals surface area contributed by atoms with Crippen LogP contribution in [0.2, 0.25) is 0 Å².